The van der Waals surface area contributed by atoms with Crippen molar-refractivity contribution in [2.24, 2.45) is 10.9 Å². The second-order valence-electron chi connectivity index (χ2n) is 3.55. The summed E-state index contributed by atoms with van der Waals surface area (Å²) in [6.45, 7) is 2.32. The number of aromatic nitrogens is 4. The van der Waals surface area contributed by atoms with Gasteiger partial charge in [-0.25, -0.2) is 0 Å². The van der Waals surface area contributed by atoms with Crippen LogP contribution < -0.4 is 5.73 Å². The highest BCUT2D eigenvalue weighted by molar-refractivity contribution is 5.96. The van der Waals surface area contributed by atoms with Crippen LogP contribution in [-0.2, 0) is 6.54 Å². The van der Waals surface area contributed by atoms with E-state index in [2.05, 4.69) is 20.6 Å². The maximum atomic E-state index is 8.53. The normalized spacial score (nSPS) is 11.7. The maximum Gasteiger partial charge on any atom is 0.171 e. The first kappa shape index (κ1) is 11.1. The number of benzene rings is 1. The lowest BCUT2D eigenvalue weighted by Crippen LogP contribution is -2.13. The third-order valence-corrected chi connectivity index (χ3v) is 2.23. The van der Waals surface area contributed by atoms with E-state index in [0.717, 1.165) is 5.56 Å². The Morgan fingerprint density at radius 2 is 2.12 bits per heavy atom. The predicted molar refractivity (Wildman–Crippen MR) is 60.6 cm³/mol. The quantitative estimate of drug-likeness (QED) is 0.339. The zero-order valence-electron chi connectivity index (χ0n) is 9.28. The Hall–Kier alpha value is -2.44. The van der Waals surface area contributed by atoms with Gasteiger partial charge in [0.25, 0.3) is 0 Å². The molecule has 0 fully saturated rings. The topological polar surface area (TPSA) is 102 Å². The highest BCUT2D eigenvalue weighted by Gasteiger charge is 2.01. The van der Waals surface area contributed by atoms with Crippen LogP contribution in [-0.4, -0.2) is 31.3 Å². The van der Waals surface area contributed by atoms with Gasteiger partial charge in [0.15, 0.2) is 11.7 Å². The van der Waals surface area contributed by atoms with Crippen LogP contribution in [0.1, 0.15) is 17.0 Å². The molecule has 0 saturated carbocycles. The van der Waals surface area contributed by atoms with Crippen LogP contribution in [0.5, 0.6) is 0 Å². The summed E-state index contributed by atoms with van der Waals surface area (Å²) in [7, 11) is 0. The molecule has 0 saturated heterocycles. The number of nitrogens with zero attached hydrogens (tertiary/aromatic N) is 5. The van der Waals surface area contributed by atoms with E-state index in [9.17, 15) is 0 Å². The first-order valence-electron chi connectivity index (χ1n) is 5.00. The maximum absolute atomic E-state index is 8.53. The molecule has 0 unspecified atom stereocenters. The molecule has 0 aliphatic carbocycles. The number of hydrogen-bond acceptors (Lipinski definition) is 5. The minimum Gasteiger partial charge on any atom is -0.409 e. The molecular weight excluding hydrogens is 220 g/mol. The smallest absolute Gasteiger partial charge is 0.171 e. The average Bonchev–Trinajstić information content (AvgIpc) is 2.75. The van der Waals surface area contributed by atoms with Crippen LogP contribution in [0.3, 0.4) is 0 Å². The second kappa shape index (κ2) is 4.60. The van der Waals surface area contributed by atoms with Gasteiger partial charge in [-0.1, -0.05) is 29.4 Å². The fourth-order valence-electron chi connectivity index (χ4n) is 1.39. The molecule has 0 aliphatic heterocycles. The van der Waals surface area contributed by atoms with Crippen molar-refractivity contribution in [1.29, 1.82) is 0 Å². The van der Waals surface area contributed by atoms with E-state index in [1.165, 1.54) is 4.80 Å². The van der Waals surface area contributed by atoms with E-state index in [1.54, 1.807) is 19.1 Å². The molecule has 1 aromatic heterocycles. The van der Waals surface area contributed by atoms with Crippen molar-refractivity contribution in [1.82, 2.24) is 20.2 Å². The second-order valence-corrected chi connectivity index (χ2v) is 3.55. The van der Waals surface area contributed by atoms with Crippen molar-refractivity contribution in [2.75, 3.05) is 0 Å². The molecule has 0 atom stereocenters. The van der Waals surface area contributed by atoms with Gasteiger partial charge >= 0.3 is 0 Å². The number of oxime groups is 1. The molecule has 1 aromatic carbocycles. The molecule has 2 rings (SSSR count). The van der Waals surface area contributed by atoms with Crippen molar-refractivity contribution in [3.63, 3.8) is 0 Å². The van der Waals surface area contributed by atoms with E-state index < -0.39 is 0 Å². The number of rotatable bonds is 3. The van der Waals surface area contributed by atoms with Crippen LogP contribution in [0.4, 0.5) is 0 Å². The van der Waals surface area contributed by atoms with Crippen molar-refractivity contribution in [2.45, 2.75) is 13.5 Å². The van der Waals surface area contributed by atoms with Crippen LogP contribution >= 0.6 is 0 Å². The predicted octanol–water partition coefficient (Wildman–Crippen LogP) is 0.124. The summed E-state index contributed by atoms with van der Waals surface area (Å²) < 4.78 is 0. The van der Waals surface area contributed by atoms with Crippen molar-refractivity contribution in [3.8, 4) is 0 Å². The Morgan fingerprint density at radius 1 is 1.41 bits per heavy atom. The molecule has 0 amide bonds. The number of tetrazole rings is 1. The molecule has 7 nitrogen and oxygen atoms in total. The van der Waals surface area contributed by atoms with Gasteiger partial charge in [-0.3, -0.25) is 0 Å². The Morgan fingerprint density at radius 3 is 2.65 bits per heavy atom. The number of hydrogen-bond donors (Lipinski definition) is 2. The van der Waals surface area contributed by atoms with Gasteiger partial charge in [0.2, 0.25) is 0 Å². The van der Waals surface area contributed by atoms with Crippen molar-refractivity contribution < 1.29 is 5.21 Å². The Kier molecular flexibility index (Phi) is 2.99. The summed E-state index contributed by atoms with van der Waals surface area (Å²) in [5, 5.41) is 23.2. The zero-order valence-corrected chi connectivity index (χ0v) is 9.28. The minimum atomic E-state index is 0.0891. The molecule has 17 heavy (non-hydrogen) atoms. The van der Waals surface area contributed by atoms with Crippen LogP contribution in [0.2, 0.25) is 0 Å². The molecule has 88 valence electrons. The largest absolute Gasteiger partial charge is 0.409 e. The van der Waals surface area contributed by atoms with Gasteiger partial charge in [-0.2, -0.15) is 4.80 Å². The Balaban J connectivity index is 2.13. The standard InChI is InChI=1S/C10H12N6O/c1-7-12-15-16(13-7)6-8-2-4-9(5-3-8)10(11)14-17/h2-5,17H,6H2,1H3,(H2,11,14). The van der Waals surface area contributed by atoms with Crippen LogP contribution in [0.15, 0.2) is 29.4 Å². The summed E-state index contributed by atoms with van der Waals surface area (Å²) >= 11 is 0. The van der Waals surface area contributed by atoms with Crippen molar-refractivity contribution in [3.05, 3.63) is 41.2 Å². The third kappa shape index (κ3) is 2.57. The summed E-state index contributed by atoms with van der Waals surface area (Å²) in [5.74, 6) is 0.726. The van der Waals surface area contributed by atoms with Gasteiger partial charge in [0.05, 0.1) is 6.54 Å². The van der Waals surface area contributed by atoms with Gasteiger partial charge in [-0.15, -0.1) is 10.2 Å². The molecule has 2 aromatic rings. The Bertz CT molecular complexity index is 530. The van der Waals surface area contributed by atoms with E-state index in [4.69, 9.17) is 10.9 Å². The van der Waals surface area contributed by atoms with E-state index in [0.29, 0.717) is 17.9 Å². The summed E-state index contributed by atoms with van der Waals surface area (Å²) in [6, 6.07) is 7.28. The SMILES string of the molecule is Cc1nnn(Cc2ccc(C(N)=NO)cc2)n1. The fourth-order valence-corrected chi connectivity index (χ4v) is 1.39. The summed E-state index contributed by atoms with van der Waals surface area (Å²) in [5.41, 5.74) is 7.14. The molecule has 3 N–H and O–H groups in total. The highest BCUT2D eigenvalue weighted by Crippen LogP contribution is 2.05. The average molecular weight is 232 g/mol. The molecule has 0 bridgehead atoms. The fraction of sp³-hybridized carbons (Fsp3) is 0.200. The van der Waals surface area contributed by atoms with E-state index in [1.807, 2.05) is 12.1 Å². The number of aryl methyl sites for hydroxylation is 1. The van der Waals surface area contributed by atoms with Gasteiger partial charge < -0.3 is 10.9 Å². The number of amidine groups is 1. The zero-order chi connectivity index (χ0) is 12.3. The van der Waals surface area contributed by atoms with E-state index in [-0.39, 0.29) is 5.84 Å². The van der Waals surface area contributed by atoms with Gasteiger partial charge in [0.1, 0.15) is 0 Å². The van der Waals surface area contributed by atoms with Gasteiger partial charge in [-0.05, 0) is 17.7 Å². The molecular formula is C10H12N6O. The van der Waals surface area contributed by atoms with Crippen LogP contribution in [0, 0.1) is 6.92 Å². The van der Waals surface area contributed by atoms with Gasteiger partial charge in [0, 0.05) is 5.56 Å². The Labute approximate surface area is 97.6 Å². The molecule has 0 aliphatic rings. The lowest BCUT2D eigenvalue weighted by molar-refractivity contribution is 0.318. The lowest BCUT2D eigenvalue weighted by Gasteiger charge is -2.02. The van der Waals surface area contributed by atoms with Crippen molar-refractivity contribution >= 4 is 5.84 Å². The first-order chi connectivity index (χ1) is 8.19. The highest BCUT2D eigenvalue weighted by atomic mass is 16.4. The molecule has 1 heterocycles. The number of nitrogens with two attached hydrogens (primary N) is 1. The molecule has 0 spiro atoms. The molecule has 7 heteroatoms. The first-order valence-corrected chi connectivity index (χ1v) is 5.00. The summed E-state index contributed by atoms with van der Waals surface area (Å²) in [4.78, 5) is 1.51. The molecule has 0 radical (unpaired) electrons. The monoisotopic (exact) mass is 232 g/mol. The van der Waals surface area contributed by atoms with Crippen LogP contribution in [0.25, 0.3) is 0 Å². The lowest BCUT2D eigenvalue weighted by atomic mass is 10.1. The third-order valence-electron chi connectivity index (χ3n) is 2.23. The van der Waals surface area contributed by atoms with E-state index >= 15 is 0 Å². The minimum absolute atomic E-state index is 0.0891. The summed E-state index contributed by atoms with van der Waals surface area (Å²) in [6.07, 6.45) is 0.